The summed E-state index contributed by atoms with van der Waals surface area (Å²) in [6, 6.07) is 12.5. The van der Waals surface area contributed by atoms with Crippen molar-refractivity contribution in [3.05, 3.63) is 53.6 Å². The second-order valence-electron chi connectivity index (χ2n) is 4.22. The Labute approximate surface area is 116 Å². The van der Waals surface area contributed by atoms with E-state index in [-0.39, 0.29) is 11.5 Å². The molecule has 2 aromatic carbocycles. The van der Waals surface area contributed by atoms with Crippen molar-refractivity contribution in [2.24, 2.45) is 0 Å². The highest BCUT2D eigenvalue weighted by Crippen LogP contribution is 2.37. The van der Waals surface area contributed by atoms with Crippen LogP contribution in [0.15, 0.2) is 42.5 Å². The molecule has 0 saturated heterocycles. The maximum absolute atomic E-state index is 10.9. The van der Waals surface area contributed by atoms with Crippen LogP contribution in [0.2, 0.25) is 0 Å². The molecule has 0 spiro atoms. The van der Waals surface area contributed by atoms with Crippen molar-refractivity contribution >= 4 is 18.1 Å². The molecule has 0 amide bonds. The lowest BCUT2D eigenvalue weighted by Crippen LogP contribution is -2.01. The van der Waals surface area contributed by atoms with Crippen molar-refractivity contribution in [2.75, 3.05) is 0 Å². The summed E-state index contributed by atoms with van der Waals surface area (Å²) in [5.74, 6) is -1.41. The molecule has 102 valence electrons. The lowest BCUT2D eigenvalue weighted by Gasteiger charge is -2.07. The third-order valence-electron chi connectivity index (χ3n) is 2.60. The van der Waals surface area contributed by atoms with E-state index in [1.54, 1.807) is 6.08 Å². The summed E-state index contributed by atoms with van der Waals surface area (Å²) in [7, 11) is 0. The van der Waals surface area contributed by atoms with Gasteiger partial charge < -0.3 is 14.9 Å². The SMILES string of the molecule is CC(=O)Oc1cc(/C=C/c2ccccc2)cc(O)c1O. The van der Waals surface area contributed by atoms with E-state index < -0.39 is 11.7 Å². The van der Waals surface area contributed by atoms with Gasteiger partial charge in [-0.2, -0.15) is 0 Å². The fourth-order valence-corrected chi connectivity index (χ4v) is 1.70. The van der Waals surface area contributed by atoms with Gasteiger partial charge in [0.1, 0.15) is 0 Å². The fraction of sp³-hybridized carbons (Fsp3) is 0.0625. The van der Waals surface area contributed by atoms with E-state index in [1.165, 1.54) is 19.1 Å². The predicted octanol–water partition coefficient (Wildman–Crippen LogP) is 3.19. The van der Waals surface area contributed by atoms with Crippen LogP contribution < -0.4 is 4.74 Å². The monoisotopic (exact) mass is 270 g/mol. The van der Waals surface area contributed by atoms with Crippen molar-refractivity contribution in [3.8, 4) is 17.2 Å². The van der Waals surface area contributed by atoms with Crippen molar-refractivity contribution in [1.82, 2.24) is 0 Å². The Morgan fingerprint density at radius 1 is 1.05 bits per heavy atom. The quantitative estimate of drug-likeness (QED) is 0.389. The van der Waals surface area contributed by atoms with E-state index in [4.69, 9.17) is 4.74 Å². The highest BCUT2D eigenvalue weighted by Gasteiger charge is 2.11. The first-order chi connectivity index (χ1) is 9.56. The van der Waals surface area contributed by atoms with E-state index in [1.807, 2.05) is 36.4 Å². The Kier molecular flexibility index (Phi) is 4.05. The van der Waals surface area contributed by atoms with Crippen LogP contribution in [-0.2, 0) is 4.79 Å². The zero-order valence-electron chi connectivity index (χ0n) is 10.9. The molecule has 0 aliphatic carbocycles. The van der Waals surface area contributed by atoms with Crippen LogP contribution in [0.5, 0.6) is 17.2 Å². The Morgan fingerprint density at radius 2 is 1.70 bits per heavy atom. The summed E-state index contributed by atoms with van der Waals surface area (Å²) in [5, 5.41) is 19.2. The first kappa shape index (κ1) is 13.7. The Morgan fingerprint density at radius 3 is 2.35 bits per heavy atom. The average molecular weight is 270 g/mol. The summed E-state index contributed by atoms with van der Waals surface area (Å²) in [5.41, 5.74) is 1.61. The number of carbonyl (C=O) groups excluding carboxylic acids is 1. The lowest BCUT2D eigenvalue weighted by atomic mass is 10.1. The normalized spacial score (nSPS) is 10.7. The third kappa shape index (κ3) is 3.38. The summed E-state index contributed by atoms with van der Waals surface area (Å²) in [6.45, 7) is 1.23. The topological polar surface area (TPSA) is 66.8 Å². The van der Waals surface area contributed by atoms with Gasteiger partial charge in [0.05, 0.1) is 0 Å². The van der Waals surface area contributed by atoms with Gasteiger partial charge in [0.25, 0.3) is 0 Å². The molecular formula is C16H14O4. The maximum atomic E-state index is 10.9. The van der Waals surface area contributed by atoms with Crippen LogP contribution in [0.3, 0.4) is 0 Å². The third-order valence-corrected chi connectivity index (χ3v) is 2.60. The molecule has 2 rings (SSSR count). The van der Waals surface area contributed by atoms with E-state index in [9.17, 15) is 15.0 Å². The molecule has 2 N–H and O–H groups in total. The van der Waals surface area contributed by atoms with Crippen molar-refractivity contribution < 1.29 is 19.7 Å². The van der Waals surface area contributed by atoms with E-state index >= 15 is 0 Å². The number of aromatic hydroxyl groups is 2. The van der Waals surface area contributed by atoms with Gasteiger partial charge >= 0.3 is 5.97 Å². The first-order valence-corrected chi connectivity index (χ1v) is 6.04. The highest BCUT2D eigenvalue weighted by atomic mass is 16.5. The molecule has 2 aromatic rings. The molecule has 0 aliphatic heterocycles. The first-order valence-electron chi connectivity index (χ1n) is 6.04. The van der Waals surface area contributed by atoms with Crippen LogP contribution in [0.1, 0.15) is 18.1 Å². The molecule has 0 saturated carbocycles. The minimum absolute atomic E-state index is 0.0646. The Hall–Kier alpha value is -2.75. The summed E-state index contributed by atoms with van der Waals surface area (Å²) in [4.78, 5) is 10.9. The van der Waals surface area contributed by atoms with Gasteiger partial charge in [0.2, 0.25) is 5.75 Å². The number of hydrogen-bond acceptors (Lipinski definition) is 4. The number of carbonyl (C=O) groups is 1. The molecule has 0 bridgehead atoms. The molecule has 0 heterocycles. The van der Waals surface area contributed by atoms with Crippen LogP contribution in [0.25, 0.3) is 12.2 Å². The standard InChI is InChI=1S/C16H14O4/c1-11(17)20-15-10-13(9-14(18)16(15)19)8-7-12-5-3-2-4-6-12/h2-10,18-19H,1H3/b8-7+. The maximum Gasteiger partial charge on any atom is 0.308 e. The van der Waals surface area contributed by atoms with Crippen molar-refractivity contribution in [1.29, 1.82) is 0 Å². The van der Waals surface area contributed by atoms with E-state index in [2.05, 4.69) is 0 Å². The van der Waals surface area contributed by atoms with Gasteiger partial charge in [-0.05, 0) is 23.3 Å². The lowest BCUT2D eigenvalue weighted by molar-refractivity contribution is -0.132. The van der Waals surface area contributed by atoms with E-state index in [0.717, 1.165) is 5.56 Å². The molecule has 4 heteroatoms. The number of esters is 1. The van der Waals surface area contributed by atoms with Crippen molar-refractivity contribution in [3.63, 3.8) is 0 Å². The van der Waals surface area contributed by atoms with Crippen molar-refractivity contribution in [2.45, 2.75) is 6.92 Å². The Balaban J connectivity index is 2.31. The number of phenolic OH excluding ortho intramolecular Hbond substituents is 2. The molecule has 20 heavy (non-hydrogen) atoms. The van der Waals surface area contributed by atoms with Gasteiger partial charge in [0, 0.05) is 6.92 Å². The average Bonchev–Trinajstić information content (AvgIpc) is 2.42. The molecule has 0 aromatic heterocycles. The van der Waals surface area contributed by atoms with Gasteiger partial charge in [-0.1, -0.05) is 42.5 Å². The zero-order chi connectivity index (χ0) is 14.5. The molecule has 0 atom stereocenters. The fourth-order valence-electron chi connectivity index (χ4n) is 1.70. The van der Waals surface area contributed by atoms with Gasteiger partial charge in [0.15, 0.2) is 11.5 Å². The number of benzene rings is 2. The molecule has 0 radical (unpaired) electrons. The number of rotatable bonds is 3. The van der Waals surface area contributed by atoms with Crippen LogP contribution in [0.4, 0.5) is 0 Å². The van der Waals surface area contributed by atoms with Gasteiger partial charge in [-0.3, -0.25) is 4.79 Å². The minimum atomic E-state index is -0.566. The van der Waals surface area contributed by atoms with Crippen LogP contribution in [0, 0.1) is 0 Å². The zero-order valence-corrected chi connectivity index (χ0v) is 10.9. The Bertz CT molecular complexity index is 645. The summed E-state index contributed by atoms with van der Waals surface area (Å²) < 4.78 is 4.84. The predicted molar refractivity (Wildman–Crippen MR) is 76.5 cm³/mol. The largest absolute Gasteiger partial charge is 0.504 e. The molecule has 0 aliphatic rings. The molecule has 0 fully saturated rings. The van der Waals surface area contributed by atoms with Crippen LogP contribution in [-0.4, -0.2) is 16.2 Å². The molecular weight excluding hydrogens is 256 g/mol. The number of phenols is 2. The smallest absolute Gasteiger partial charge is 0.308 e. The van der Waals surface area contributed by atoms with Gasteiger partial charge in [-0.25, -0.2) is 0 Å². The second kappa shape index (κ2) is 5.93. The van der Waals surface area contributed by atoms with Crippen LogP contribution >= 0.6 is 0 Å². The molecule has 0 unspecified atom stereocenters. The summed E-state index contributed by atoms with van der Waals surface area (Å²) in [6.07, 6.45) is 3.60. The highest BCUT2D eigenvalue weighted by molar-refractivity contribution is 5.75. The van der Waals surface area contributed by atoms with E-state index in [0.29, 0.717) is 5.56 Å². The summed E-state index contributed by atoms with van der Waals surface area (Å²) >= 11 is 0. The number of hydrogen-bond donors (Lipinski definition) is 2. The van der Waals surface area contributed by atoms with Gasteiger partial charge in [-0.15, -0.1) is 0 Å². The number of ether oxygens (including phenoxy) is 1. The second-order valence-corrected chi connectivity index (χ2v) is 4.22. The minimum Gasteiger partial charge on any atom is -0.504 e. The molecule has 4 nitrogen and oxygen atoms in total.